The summed E-state index contributed by atoms with van der Waals surface area (Å²) in [6.45, 7) is 2.84. The van der Waals surface area contributed by atoms with Gasteiger partial charge in [-0.25, -0.2) is 0 Å². The van der Waals surface area contributed by atoms with Gasteiger partial charge >= 0.3 is 0 Å². The van der Waals surface area contributed by atoms with Crippen LogP contribution in [-0.4, -0.2) is 49.2 Å². The molecule has 1 aliphatic carbocycles. The van der Waals surface area contributed by atoms with E-state index in [1.807, 2.05) is 6.92 Å². The Morgan fingerprint density at radius 2 is 2.00 bits per heavy atom. The SMILES string of the molecule is CC(NCC1(CO)CCCC1)C(=O)N(C)C. The van der Waals surface area contributed by atoms with Crippen molar-refractivity contribution >= 4 is 5.91 Å². The molecular formula is C12H24N2O2. The van der Waals surface area contributed by atoms with E-state index >= 15 is 0 Å². The fourth-order valence-electron chi connectivity index (χ4n) is 2.36. The Morgan fingerprint density at radius 1 is 1.44 bits per heavy atom. The molecule has 0 radical (unpaired) electrons. The summed E-state index contributed by atoms with van der Waals surface area (Å²) in [6, 6.07) is -0.168. The summed E-state index contributed by atoms with van der Waals surface area (Å²) in [5.74, 6) is 0.0890. The van der Waals surface area contributed by atoms with Gasteiger partial charge in [0, 0.05) is 32.7 Å². The topological polar surface area (TPSA) is 52.6 Å². The predicted molar refractivity (Wildman–Crippen MR) is 64.1 cm³/mol. The van der Waals surface area contributed by atoms with Crippen LogP contribution in [0.1, 0.15) is 32.6 Å². The number of hydrogen-bond donors (Lipinski definition) is 2. The Hall–Kier alpha value is -0.610. The molecule has 4 heteroatoms. The van der Waals surface area contributed by atoms with E-state index in [2.05, 4.69) is 5.32 Å². The summed E-state index contributed by atoms with van der Waals surface area (Å²) in [6.07, 6.45) is 4.52. The zero-order valence-corrected chi connectivity index (χ0v) is 10.6. The van der Waals surface area contributed by atoms with E-state index in [0.29, 0.717) is 0 Å². The van der Waals surface area contributed by atoms with Crippen molar-refractivity contribution in [3.8, 4) is 0 Å². The Labute approximate surface area is 98.0 Å². The number of aliphatic hydroxyl groups excluding tert-OH is 1. The summed E-state index contributed by atoms with van der Waals surface area (Å²) in [4.78, 5) is 13.2. The summed E-state index contributed by atoms with van der Waals surface area (Å²) >= 11 is 0. The molecule has 1 rings (SSSR count). The molecule has 1 atom stereocenters. The van der Waals surface area contributed by atoms with E-state index in [-0.39, 0.29) is 24.0 Å². The smallest absolute Gasteiger partial charge is 0.238 e. The maximum atomic E-state index is 11.6. The van der Waals surface area contributed by atoms with Gasteiger partial charge in [-0.05, 0) is 19.8 Å². The van der Waals surface area contributed by atoms with Crippen molar-refractivity contribution in [2.45, 2.75) is 38.6 Å². The van der Waals surface area contributed by atoms with Gasteiger partial charge in [-0.2, -0.15) is 0 Å². The molecule has 1 saturated carbocycles. The van der Waals surface area contributed by atoms with Gasteiger partial charge in [-0.15, -0.1) is 0 Å². The molecule has 4 nitrogen and oxygen atoms in total. The molecule has 1 amide bonds. The molecule has 0 bridgehead atoms. The lowest BCUT2D eigenvalue weighted by molar-refractivity contribution is -0.130. The first-order chi connectivity index (χ1) is 7.51. The van der Waals surface area contributed by atoms with Crippen LogP contribution >= 0.6 is 0 Å². The number of carbonyl (C=O) groups is 1. The van der Waals surface area contributed by atoms with Gasteiger partial charge in [-0.1, -0.05) is 12.8 Å². The zero-order valence-electron chi connectivity index (χ0n) is 10.6. The lowest BCUT2D eigenvalue weighted by atomic mass is 9.87. The molecule has 94 valence electrons. The monoisotopic (exact) mass is 228 g/mol. The van der Waals surface area contributed by atoms with E-state index in [1.54, 1.807) is 19.0 Å². The third-order valence-corrected chi connectivity index (χ3v) is 3.59. The normalized spacial score (nSPS) is 20.8. The van der Waals surface area contributed by atoms with Crippen molar-refractivity contribution < 1.29 is 9.90 Å². The molecule has 1 unspecified atom stereocenters. The van der Waals surface area contributed by atoms with Crippen LogP contribution in [0.2, 0.25) is 0 Å². The molecule has 1 aliphatic rings. The summed E-state index contributed by atoms with van der Waals surface area (Å²) in [5, 5.41) is 12.7. The highest BCUT2D eigenvalue weighted by molar-refractivity contribution is 5.80. The fourth-order valence-corrected chi connectivity index (χ4v) is 2.36. The van der Waals surface area contributed by atoms with Crippen LogP contribution in [0.15, 0.2) is 0 Å². The molecule has 1 fully saturated rings. The molecule has 0 aromatic carbocycles. The highest BCUT2D eigenvalue weighted by Crippen LogP contribution is 2.36. The molecule has 0 aromatic rings. The number of aliphatic hydroxyl groups is 1. The van der Waals surface area contributed by atoms with Gasteiger partial charge in [0.05, 0.1) is 6.04 Å². The number of amides is 1. The number of nitrogens with zero attached hydrogens (tertiary/aromatic N) is 1. The second-order valence-electron chi connectivity index (χ2n) is 5.20. The largest absolute Gasteiger partial charge is 0.396 e. The number of nitrogens with one attached hydrogen (secondary N) is 1. The second-order valence-corrected chi connectivity index (χ2v) is 5.20. The van der Waals surface area contributed by atoms with Crippen molar-refractivity contribution in [3.05, 3.63) is 0 Å². The molecular weight excluding hydrogens is 204 g/mol. The standard InChI is InChI=1S/C12H24N2O2/c1-10(11(16)14(2)3)13-8-12(9-15)6-4-5-7-12/h10,13,15H,4-9H2,1-3H3. The average molecular weight is 228 g/mol. The van der Waals surface area contributed by atoms with E-state index < -0.39 is 0 Å². The third kappa shape index (κ3) is 3.19. The predicted octanol–water partition coefficient (Wildman–Crippen LogP) is 0.605. The van der Waals surface area contributed by atoms with Crippen molar-refractivity contribution in [2.75, 3.05) is 27.2 Å². The minimum atomic E-state index is -0.168. The van der Waals surface area contributed by atoms with E-state index in [4.69, 9.17) is 0 Å². The molecule has 0 heterocycles. The fraction of sp³-hybridized carbons (Fsp3) is 0.917. The van der Waals surface area contributed by atoms with Gasteiger partial charge < -0.3 is 15.3 Å². The average Bonchev–Trinajstić information content (AvgIpc) is 2.74. The Morgan fingerprint density at radius 3 is 2.44 bits per heavy atom. The Bertz CT molecular complexity index is 235. The summed E-state index contributed by atoms with van der Waals surface area (Å²) in [5.41, 5.74) is 0.0147. The van der Waals surface area contributed by atoms with Crippen LogP contribution in [0.5, 0.6) is 0 Å². The number of carbonyl (C=O) groups excluding carboxylic acids is 1. The summed E-state index contributed by atoms with van der Waals surface area (Å²) < 4.78 is 0. The first kappa shape index (κ1) is 13.5. The van der Waals surface area contributed by atoms with Crippen LogP contribution < -0.4 is 5.32 Å². The lowest BCUT2D eigenvalue weighted by Crippen LogP contribution is -2.46. The molecule has 0 aliphatic heterocycles. The Kier molecular flexibility index (Phi) is 4.74. The molecule has 0 spiro atoms. The van der Waals surface area contributed by atoms with Crippen molar-refractivity contribution in [1.29, 1.82) is 0 Å². The van der Waals surface area contributed by atoms with Crippen LogP contribution in [0, 0.1) is 5.41 Å². The lowest BCUT2D eigenvalue weighted by Gasteiger charge is -2.29. The van der Waals surface area contributed by atoms with Crippen LogP contribution in [0.4, 0.5) is 0 Å². The highest BCUT2D eigenvalue weighted by Gasteiger charge is 2.33. The maximum Gasteiger partial charge on any atom is 0.238 e. The van der Waals surface area contributed by atoms with Gasteiger partial charge in [0.2, 0.25) is 5.91 Å². The van der Waals surface area contributed by atoms with Crippen molar-refractivity contribution in [3.63, 3.8) is 0 Å². The second kappa shape index (κ2) is 5.64. The minimum Gasteiger partial charge on any atom is -0.396 e. The van der Waals surface area contributed by atoms with Gasteiger partial charge in [0.1, 0.15) is 0 Å². The minimum absolute atomic E-state index is 0.0147. The first-order valence-electron chi connectivity index (χ1n) is 6.06. The number of likely N-dealkylation sites (N-methyl/N-ethyl adjacent to an activating group) is 1. The third-order valence-electron chi connectivity index (χ3n) is 3.59. The molecule has 0 saturated heterocycles. The quantitative estimate of drug-likeness (QED) is 0.725. The Balaban J connectivity index is 2.41. The van der Waals surface area contributed by atoms with Gasteiger partial charge in [0.25, 0.3) is 0 Å². The summed E-state index contributed by atoms with van der Waals surface area (Å²) in [7, 11) is 3.52. The highest BCUT2D eigenvalue weighted by atomic mass is 16.3. The molecule has 2 N–H and O–H groups in total. The maximum absolute atomic E-state index is 11.6. The number of rotatable bonds is 5. The molecule has 0 aromatic heterocycles. The number of hydrogen-bond acceptors (Lipinski definition) is 3. The zero-order chi connectivity index (χ0) is 12.2. The van der Waals surface area contributed by atoms with Crippen LogP contribution in [0.25, 0.3) is 0 Å². The van der Waals surface area contributed by atoms with E-state index in [1.165, 1.54) is 12.8 Å². The molecule has 16 heavy (non-hydrogen) atoms. The van der Waals surface area contributed by atoms with Gasteiger partial charge in [-0.3, -0.25) is 4.79 Å². The van der Waals surface area contributed by atoms with Gasteiger partial charge in [0.15, 0.2) is 0 Å². The van der Waals surface area contributed by atoms with E-state index in [9.17, 15) is 9.90 Å². The van der Waals surface area contributed by atoms with Crippen molar-refractivity contribution in [2.24, 2.45) is 5.41 Å². The van der Waals surface area contributed by atoms with Crippen molar-refractivity contribution in [1.82, 2.24) is 10.2 Å². The van der Waals surface area contributed by atoms with Crippen LogP contribution in [-0.2, 0) is 4.79 Å². The first-order valence-corrected chi connectivity index (χ1v) is 6.06. The van der Waals surface area contributed by atoms with Crippen LogP contribution in [0.3, 0.4) is 0 Å². The van der Waals surface area contributed by atoms with E-state index in [0.717, 1.165) is 19.4 Å².